The molecule has 0 aromatic carbocycles. The van der Waals surface area contributed by atoms with Crippen LogP contribution >= 0.6 is 0 Å². The van der Waals surface area contributed by atoms with Gasteiger partial charge in [-0.3, -0.25) is 0 Å². The molecule has 0 heteroatoms. The van der Waals surface area contributed by atoms with Crippen LogP contribution in [0.15, 0.2) is 0 Å². The van der Waals surface area contributed by atoms with E-state index in [-0.39, 0.29) is 37.1 Å². The Morgan fingerprint density at radius 2 is 0.769 bits per heavy atom. The lowest BCUT2D eigenvalue weighted by Gasteiger charge is -2.60. The zero-order valence-electron chi connectivity index (χ0n) is 36.0. The highest BCUT2D eigenvalue weighted by Gasteiger charge is 2.53. The van der Waals surface area contributed by atoms with Crippen molar-refractivity contribution in [1.82, 2.24) is 0 Å². The molecule has 52 heavy (non-hydrogen) atoms. The average Bonchev–Trinajstić information content (AvgIpc) is 3.74. The molecule has 5 aliphatic carbocycles. The third-order valence-corrected chi connectivity index (χ3v) is 15.5. The van der Waals surface area contributed by atoms with Crippen molar-refractivity contribution in [2.24, 2.45) is 106 Å². The van der Waals surface area contributed by atoms with Crippen LogP contribution in [0.4, 0.5) is 0 Å². The highest BCUT2D eigenvalue weighted by molar-refractivity contribution is 5.03. The van der Waals surface area contributed by atoms with Gasteiger partial charge in [-0.25, -0.2) is 0 Å². The predicted octanol–water partition coefficient (Wildman–Crippen LogP) is 18.7. The molecule has 0 radical (unpaired) electrons. The average molecular weight is 737 g/mol. The van der Waals surface area contributed by atoms with Gasteiger partial charge in [0.2, 0.25) is 0 Å². The summed E-state index contributed by atoms with van der Waals surface area (Å²) in [6, 6.07) is 0. The molecule has 0 bridgehead atoms. The van der Waals surface area contributed by atoms with Gasteiger partial charge in [0.15, 0.2) is 0 Å². The fourth-order valence-corrected chi connectivity index (χ4v) is 11.3. The van der Waals surface area contributed by atoms with E-state index in [0.717, 1.165) is 100 Å². The molecule has 0 aromatic rings. The largest absolute Gasteiger partial charge is 0.0776 e. The summed E-state index contributed by atoms with van der Waals surface area (Å²) in [6.07, 6.45) is 16.4. The van der Waals surface area contributed by atoms with Crippen molar-refractivity contribution in [2.75, 3.05) is 0 Å². The van der Waals surface area contributed by atoms with Crippen LogP contribution in [0.5, 0.6) is 0 Å². The van der Waals surface area contributed by atoms with Crippen molar-refractivity contribution < 1.29 is 0 Å². The summed E-state index contributed by atoms with van der Waals surface area (Å²) in [7, 11) is 0. The molecule has 5 saturated carbocycles. The molecule has 8 unspecified atom stereocenters. The summed E-state index contributed by atoms with van der Waals surface area (Å²) in [6.45, 7) is 43.2. The van der Waals surface area contributed by atoms with Crippen LogP contribution in [0.25, 0.3) is 0 Å². The molecule has 5 rings (SSSR count). The molecule has 0 aromatic heterocycles. The second-order valence-electron chi connectivity index (χ2n) is 21.6. The Bertz CT molecular complexity index is 800. The lowest BCUT2D eigenvalue weighted by atomic mass is 9.45. The third kappa shape index (κ3) is 16.2. The minimum Gasteiger partial charge on any atom is -0.0776 e. The number of rotatable bonds is 6. The minimum absolute atomic E-state index is 0. The van der Waals surface area contributed by atoms with Crippen LogP contribution in [0.1, 0.15) is 232 Å². The van der Waals surface area contributed by atoms with Crippen LogP contribution in [-0.2, 0) is 0 Å². The molecule has 0 heterocycles. The lowest BCUT2D eigenvalue weighted by molar-refractivity contribution is -0.100. The third-order valence-electron chi connectivity index (χ3n) is 15.5. The van der Waals surface area contributed by atoms with E-state index >= 15 is 0 Å². The van der Waals surface area contributed by atoms with Gasteiger partial charge in [-0.2, -0.15) is 0 Å². The van der Waals surface area contributed by atoms with E-state index in [0.29, 0.717) is 5.41 Å². The normalized spacial score (nSPS) is 32.8. The topological polar surface area (TPSA) is 0 Å². The van der Waals surface area contributed by atoms with E-state index in [9.17, 15) is 0 Å². The van der Waals surface area contributed by atoms with Gasteiger partial charge in [-0.15, -0.1) is 0 Å². The van der Waals surface area contributed by atoms with Crippen molar-refractivity contribution >= 4 is 0 Å². The Hall–Kier alpha value is 0. The molecule has 0 aliphatic heterocycles. The Labute approximate surface area is 336 Å². The second-order valence-corrected chi connectivity index (χ2v) is 21.6. The van der Waals surface area contributed by atoms with Crippen molar-refractivity contribution in [1.29, 1.82) is 0 Å². The van der Waals surface area contributed by atoms with Gasteiger partial charge in [0.25, 0.3) is 0 Å². The van der Waals surface area contributed by atoms with E-state index in [1.54, 1.807) is 0 Å². The van der Waals surface area contributed by atoms with Gasteiger partial charge < -0.3 is 0 Å². The molecule has 8 atom stereocenters. The van der Waals surface area contributed by atoms with Gasteiger partial charge in [0, 0.05) is 0 Å². The molecule has 1 spiro atoms. The van der Waals surface area contributed by atoms with E-state index in [2.05, 4.69) is 125 Å². The molecular formula is C52H112. The highest BCUT2D eigenvalue weighted by atomic mass is 14.6. The van der Waals surface area contributed by atoms with Crippen LogP contribution in [-0.4, -0.2) is 0 Å². The quantitative estimate of drug-likeness (QED) is 0.255. The molecule has 0 saturated heterocycles. The summed E-state index contributed by atoms with van der Waals surface area (Å²) >= 11 is 0. The molecular weight excluding hydrogens is 625 g/mol. The van der Waals surface area contributed by atoms with Crippen LogP contribution in [0.2, 0.25) is 0 Å². The monoisotopic (exact) mass is 737 g/mol. The first-order valence-electron chi connectivity index (χ1n) is 21.6. The molecule has 5 fully saturated rings. The first kappa shape index (κ1) is 58.7. The molecule has 5 aliphatic rings. The first-order chi connectivity index (χ1) is 21.6. The van der Waals surface area contributed by atoms with Gasteiger partial charge in [0.1, 0.15) is 0 Å². The van der Waals surface area contributed by atoms with Crippen molar-refractivity contribution in [2.45, 2.75) is 232 Å². The standard InChI is InChI=1S/C17H34.C12H24.C9H16.C9H18.5CH4/c1-11(2)14-10-16(17(6,7)8)15(12(3)4)9-13(14)5;1-9(2)11-5-7-12(8-6-11)10(3)4;1-7-6-8(2)9(7)4-3-5-9;1-6(2)8-5-9(8)7(3)4;;;;;/h11-16H,9-10H2,1-8H3;9-12H,5-8H2,1-4H3;7-8H,3-6H2,1-2H3;6-9H,5H2,1-4H3;5*1H4. The van der Waals surface area contributed by atoms with E-state index < -0.39 is 0 Å². The zero-order valence-corrected chi connectivity index (χ0v) is 36.0. The Morgan fingerprint density at radius 3 is 0.962 bits per heavy atom. The van der Waals surface area contributed by atoms with Crippen molar-refractivity contribution in [3.8, 4) is 0 Å². The minimum atomic E-state index is 0. The van der Waals surface area contributed by atoms with Crippen LogP contribution in [0.3, 0.4) is 0 Å². The maximum atomic E-state index is 2.49. The maximum Gasteiger partial charge on any atom is -0.0246 e. The van der Waals surface area contributed by atoms with Gasteiger partial charge in [-0.1, -0.05) is 168 Å². The van der Waals surface area contributed by atoms with Crippen molar-refractivity contribution in [3.05, 3.63) is 0 Å². The van der Waals surface area contributed by atoms with E-state index in [1.807, 2.05) is 0 Å². The Kier molecular flexibility index (Phi) is 28.6. The summed E-state index contributed by atoms with van der Waals surface area (Å²) in [5, 5.41) is 0. The second kappa shape index (κ2) is 25.3. The lowest BCUT2D eigenvalue weighted by Crippen LogP contribution is -2.51. The highest BCUT2D eigenvalue weighted by Crippen LogP contribution is 2.63. The summed E-state index contributed by atoms with van der Waals surface area (Å²) in [4.78, 5) is 0. The maximum absolute atomic E-state index is 2.49. The molecule has 0 nitrogen and oxygen atoms in total. The fourth-order valence-electron chi connectivity index (χ4n) is 11.3. The summed E-state index contributed by atoms with van der Waals surface area (Å²) in [5.74, 6) is 15.4. The SMILES string of the molecule is C.C.C.C.C.CC(C)C1CC(C(C)(C)C)C(C(C)C)CC1C.CC(C)C1CC1C(C)C.CC(C)C1CCC(C(C)C)CC1.CC1CC(C)C12CCC2. The van der Waals surface area contributed by atoms with E-state index in [1.165, 1.54) is 70.6 Å². The summed E-state index contributed by atoms with van der Waals surface area (Å²) < 4.78 is 0. The van der Waals surface area contributed by atoms with Crippen LogP contribution in [0, 0.1) is 106 Å². The Balaban J connectivity index is -0.000000295. The zero-order chi connectivity index (χ0) is 36.0. The van der Waals surface area contributed by atoms with Crippen molar-refractivity contribution in [3.63, 3.8) is 0 Å². The predicted molar refractivity (Wildman–Crippen MR) is 247 cm³/mol. The first-order valence-corrected chi connectivity index (χ1v) is 21.6. The van der Waals surface area contributed by atoms with Gasteiger partial charge >= 0.3 is 0 Å². The molecule has 0 amide bonds. The number of hydrogen-bond donors (Lipinski definition) is 0. The van der Waals surface area contributed by atoms with E-state index in [4.69, 9.17) is 0 Å². The molecule has 0 N–H and O–H groups in total. The van der Waals surface area contributed by atoms with Crippen LogP contribution < -0.4 is 0 Å². The van der Waals surface area contributed by atoms with Gasteiger partial charge in [0.05, 0.1) is 0 Å². The fraction of sp³-hybridized carbons (Fsp3) is 1.00. The van der Waals surface area contributed by atoms with Gasteiger partial charge in [-0.05, 0) is 170 Å². The Morgan fingerprint density at radius 1 is 0.423 bits per heavy atom. The summed E-state index contributed by atoms with van der Waals surface area (Å²) in [5.41, 5.74) is 1.34. The number of hydrogen-bond acceptors (Lipinski definition) is 0. The smallest absolute Gasteiger partial charge is 0.0246 e. The molecule has 320 valence electrons.